The van der Waals surface area contributed by atoms with E-state index in [2.05, 4.69) is 5.32 Å². The van der Waals surface area contributed by atoms with Crippen molar-refractivity contribution in [3.8, 4) is 0 Å². The maximum absolute atomic E-state index is 13.4. The van der Waals surface area contributed by atoms with Gasteiger partial charge < -0.3 is 21.1 Å². The van der Waals surface area contributed by atoms with E-state index in [0.29, 0.717) is 17.7 Å². The SMILES string of the molecule is CC(C)C[C@@H](N)C(=O)N[C@@H]1C[C@@]2(O)c3ccccc3N3C(=O)[C@@H](C(C)C)N(C1=O)[C@H]32. The Morgan fingerprint density at radius 2 is 1.90 bits per heavy atom. The average Bonchev–Trinajstić information content (AvgIpc) is 3.12. The Morgan fingerprint density at radius 3 is 2.53 bits per heavy atom. The van der Waals surface area contributed by atoms with Crippen molar-refractivity contribution in [3.63, 3.8) is 0 Å². The molecule has 0 aromatic heterocycles. The molecule has 0 saturated carbocycles. The number of amides is 3. The molecule has 0 bridgehead atoms. The predicted octanol–water partition coefficient (Wildman–Crippen LogP) is 0.676. The van der Waals surface area contributed by atoms with Gasteiger partial charge in [-0.2, -0.15) is 0 Å². The lowest BCUT2D eigenvalue weighted by Crippen LogP contribution is -2.66. The van der Waals surface area contributed by atoms with Crippen LogP contribution in [0.5, 0.6) is 0 Å². The van der Waals surface area contributed by atoms with Gasteiger partial charge in [-0.15, -0.1) is 0 Å². The molecular formula is C22H30N4O4. The Hall–Kier alpha value is -2.45. The normalized spacial score (nSPS) is 30.7. The summed E-state index contributed by atoms with van der Waals surface area (Å²) in [5.74, 6) is -0.870. The molecule has 0 spiro atoms. The molecule has 3 heterocycles. The van der Waals surface area contributed by atoms with Gasteiger partial charge in [0.1, 0.15) is 23.9 Å². The van der Waals surface area contributed by atoms with Gasteiger partial charge in [0.2, 0.25) is 11.8 Å². The number of nitrogens with one attached hydrogen (secondary N) is 1. The molecule has 3 aliphatic heterocycles. The fourth-order valence-corrected chi connectivity index (χ4v) is 5.21. The van der Waals surface area contributed by atoms with Crippen LogP contribution in [0.1, 0.15) is 46.1 Å². The summed E-state index contributed by atoms with van der Waals surface area (Å²) in [6, 6.07) is 4.81. The molecule has 3 aliphatic rings. The van der Waals surface area contributed by atoms with Crippen LogP contribution < -0.4 is 16.0 Å². The number of hydrogen-bond acceptors (Lipinski definition) is 5. The second-order valence-corrected chi connectivity index (χ2v) is 9.46. The van der Waals surface area contributed by atoms with Crippen molar-refractivity contribution in [1.82, 2.24) is 10.2 Å². The van der Waals surface area contributed by atoms with E-state index < -0.39 is 35.8 Å². The number of para-hydroxylation sites is 1. The highest BCUT2D eigenvalue weighted by atomic mass is 16.3. The highest BCUT2D eigenvalue weighted by Gasteiger charge is 2.67. The number of carbonyl (C=O) groups is 3. The standard InChI is InChI=1S/C22H30N4O4/c1-11(2)9-14(23)18(27)24-15-10-22(30)13-7-5-6-8-16(13)25-20(29)17(12(3)4)26(19(15)28)21(22)25/h5-8,11-12,14-15,17,21,30H,9-10,23H2,1-4H3,(H,24,27)/t14-,15-,17-,21+,22-/m1/s1. The highest BCUT2D eigenvalue weighted by Crippen LogP contribution is 2.54. The zero-order chi connectivity index (χ0) is 22.0. The smallest absolute Gasteiger partial charge is 0.251 e. The number of piperidine rings is 1. The minimum atomic E-state index is -1.45. The molecule has 0 aliphatic carbocycles. The first-order valence-corrected chi connectivity index (χ1v) is 10.6. The molecular weight excluding hydrogens is 384 g/mol. The minimum Gasteiger partial charge on any atom is -0.381 e. The molecule has 8 nitrogen and oxygen atoms in total. The second-order valence-electron chi connectivity index (χ2n) is 9.46. The first-order valence-electron chi connectivity index (χ1n) is 10.6. The monoisotopic (exact) mass is 414 g/mol. The Morgan fingerprint density at radius 1 is 1.23 bits per heavy atom. The lowest BCUT2D eigenvalue weighted by atomic mass is 9.81. The van der Waals surface area contributed by atoms with Gasteiger partial charge in [0.25, 0.3) is 5.91 Å². The zero-order valence-electron chi connectivity index (χ0n) is 17.8. The Labute approximate surface area is 176 Å². The molecule has 1 aromatic carbocycles. The third kappa shape index (κ3) is 2.85. The summed E-state index contributed by atoms with van der Waals surface area (Å²) >= 11 is 0. The number of aliphatic hydroxyl groups is 1. The largest absolute Gasteiger partial charge is 0.381 e. The summed E-state index contributed by atoms with van der Waals surface area (Å²) in [6.07, 6.45) is -0.300. The summed E-state index contributed by atoms with van der Waals surface area (Å²) < 4.78 is 0. The molecule has 2 fully saturated rings. The van der Waals surface area contributed by atoms with Gasteiger partial charge in [0.05, 0.1) is 11.7 Å². The maximum Gasteiger partial charge on any atom is 0.251 e. The van der Waals surface area contributed by atoms with Gasteiger partial charge in [-0.1, -0.05) is 45.9 Å². The first-order chi connectivity index (χ1) is 14.1. The molecule has 0 unspecified atom stereocenters. The summed E-state index contributed by atoms with van der Waals surface area (Å²) in [5.41, 5.74) is 5.78. The summed E-state index contributed by atoms with van der Waals surface area (Å²) in [7, 11) is 0. The van der Waals surface area contributed by atoms with Crippen LogP contribution >= 0.6 is 0 Å². The molecule has 3 amide bonds. The number of hydrogen-bond donors (Lipinski definition) is 3. The Bertz CT molecular complexity index is 901. The van der Waals surface area contributed by atoms with E-state index in [1.807, 2.05) is 33.8 Å². The summed E-state index contributed by atoms with van der Waals surface area (Å²) in [6.45, 7) is 7.70. The van der Waals surface area contributed by atoms with E-state index in [0.717, 1.165) is 0 Å². The lowest BCUT2D eigenvalue weighted by molar-refractivity contribution is -0.159. The Kier molecular flexibility index (Phi) is 4.90. The first kappa shape index (κ1) is 20.8. The fraction of sp³-hybridized carbons (Fsp3) is 0.591. The van der Waals surface area contributed by atoms with E-state index in [9.17, 15) is 19.5 Å². The molecule has 4 rings (SSSR count). The number of rotatable bonds is 5. The van der Waals surface area contributed by atoms with Gasteiger partial charge in [-0.05, 0) is 24.3 Å². The summed E-state index contributed by atoms with van der Waals surface area (Å²) in [4.78, 5) is 42.4. The lowest BCUT2D eigenvalue weighted by Gasteiger charge is -2.45. The second kappa shape index (κ2) is 7.06. The van der Waals surface area contributed by atoms with Crippen molar-refractivity contribution in [2.24, 2.45) is 17.6 Å². The van der Waals surface area contributed by atoms with Crippen LogP contribution in [-0.2, 0) is 20.0 Å². The maximum atomic E-state index is 13.4. The zero-order valence-corrected chi connectivity index (χ0v) is 17.8. The van der Waals surface area contributed by atoms with Crippen LogP contribution in [0.15, 0.2) is 24.3 Å². The van der Waals surface area contributed by atoms with Crippen LogP contribution in [0.2, 0.25) is 0 Å². The van der Waals surface area contributed by atoms with Gasteiger partial charge >= 0.3 is 0 Å². The fourth-order valence-electron chi connectivity index (χ4n) is 5.21. The van der Waals surface area contributed by atoms with Crippen LogP contribution in [0.3, 0.4) is 0 Å². The number of benzene rings is 1. The number of carbonyl (C=O) groups excluding carboxylic acids is 3. The number of nitrogens with zero attached hydrogens (tertiary/aromatic N) is 2. The number of fused-ring (bicyclic) bond motifs is 3. The van der Waals surface area contributed by atoms with E-state index in [1.165, 1.54) is 4.90 Å². The highest BCUT2D eigenvalue weighted by molar-refractivity contribution is 6.07. The van der Waals surface area contributed by atoms with Crippen molar-refractivity contribution in [2.75, 3.05) is 4.90 Å². The van der Waals surface area contributed by atoms with Crippen molar-refractivity contribution < 1.29 is 19.5 Å². The predicted molar refractivity (Wildman–Crippen MR) is 111 cm³/mol. The van der Waals surface area contributed by atoms with Gasteiger partial charge in [-0.25, -0.2) is 0 Å². The molecule has 162 valence electrons. The number of anilines is 1. The van der Waals surface area contributed by atoms with Crippen LogP contribution in [-0.4, -0.2) is 52.0 Å². The van der Waals surface area contributed by atoms with E-state index in [4.69, 9.17) is 5.73 Å². The van der Waals surface area contributed by atoms with Gasteiger partial charge in [0.15, 0.2) is 0 Å². The van der Waals surface area contributed by atoms with Crippen LogP contribution in [0.4, 0.5) is 5.69 Å². The average molecular weight is 415 g/mol. The molecule has 0 radical (unpaired) electrons. The minimum absolute atomic E-state index is 0.00124. The third-order valence-corrected chi connectivity index (χ3v) is 6.43. The molecule has 5 atom stereocenters. The van der Waals surface area contributed by atoms with E-state index >= 15 is 0 Å². The van der Waals surface area contributed by atoms with Crippen LogP contribution in [0.25, 0.3) is 0 Å². The van der Waals surface area contributed by atoms with Crippen LogP contribution in [0, 0.1) is 11.8 Å². The van der Waals surface area contributed by atoms with Gasteiger partial charge in [-0.3, -0.25) is 19.3 Å². The van der Waals surface area contributed by atoms with Crippen molar-refractivity contribution in [1.29, 1.82) is 0 Å². The van der Waals surface area contributed by atoms with Crippen molar-refractivity contribution in [2.45, 2.75) is 70.4 Å². The Balaban J connectivity index is 1.73. The molecule has 30 heavy (non-hydrogen) atoms. The molecule has 1 aromatic rings. The quantitative estimate of drug-likeness (QED) is 0.655. The van der Waals surface area contributed by atoms with Gasteiger partial charge in [0, 0.05) is 12.0 Å². The number of nitrogens with two attached hydrogens (primary N) is 1. The van der Waals surface area contributed by atoms with E-state index in [1.54, 1.807) is 23.1 Å². The van der Waals surface area contributed by atoms with Crippen molar-refractivity contribution >= 4 is 23.4 Å². The third-order valence-electron chi connectivity index (χ3n) is 6.43. The van der Waals surface area contributed by atoms with Crippen molar-refractivity contribution in [3.05, 3.63) is 29.8 Å². The molecule has 2 saturated heterocycles. The topological polar surface area (TPSA) is 116 Å². The summed E-state index contributed by atoms with van der Waals surface area (Å²) in [5, 5.41) is 14.5. The van der Waals surface area contributed by atoms with E-state index in [-0.39, 0.29) is 30.1 Å². The molecule has 8 heteroatoms. The molecule has 4 N–H and O–H groups in total.